The van der Waals surface area contributed by atoms with Crippen LogP contribution in [-0.2, 0) is 4.79 Å². The Hall–Kier alpha value is -3.60. The fourth-order valence-electron chi connectivity index (χ4n) is 2.88. The summed E-state index contributed by atoms with van der Waals surface area (Å²) in [4.78, 5) is 12.9. The Balaban J connectivity index is 1.87. The van der Waals surface area contributed by atoms with Crippen molar-refractivity contribution in [2.75, 3.05) is 0 Å². The first-order chi connectivity index (χ1) is 13.1. The molecule has 136 valence electrons. The standard InChI is InChI=1S/C22H20N2O3/c1-15(19-13-12-18(25)14-20(19)26)23-24-22(27)21(16-8-4-2-5-9-16)17-10-6-3-7-11-17/h2-14,21,25-26H,1H3,(H,24,27)/b23-15-. The highest BCUT2D eigenvalue weighted by Crippen LogP contribution is 2.25. The highest BCUT2D eigenvalue weighted by atomic mass is 16.3. The number of hydrazone groups is 1. The predicted octanol–water partition coefficient (Wildman–Crippen LogP) is 3.77. The van der Waals surface area contributed by atoms with E-state index in [9.17, 15) is 15.0 Å². The molecule has 1 amide bonds. The average molecular weight is 360 g/mol. The number of phenols is 2. The van der Waals surface area contributed by atoms with Gasteiger partial charge in [-0.2, -0.15) is 5.10 Å². The SMILES string of the molecule is C/C(=N/NC(=O)C(c1ccccc1)c1ccccc1)c1ccc(O)cc1O. The van der Waals surface area contributed by atoms with Crippen LogP contribution in [0, 0.1) is 0 Å². The van der Waals surface area contributed by atoms with E-state index in [4.69, 9.17) is 0 Å². The largest absolute Gasteiger partial charge is 0.508 e. The molecule has 0 saturated carbocycles. The lowest BCUT2D eigenvalue weighted by Gasteiger charge is -2.16. The number of rotatable bonds is 5. The van der Waals surface area contributed by atoms with Gasteiger partial charge in [-0.3, -0.25) is 4.79 Å². The van der Waals surface area contributed by atoms with E-state index in [2.05, 4.69) is 10.5 Å². The van der Waals surface area contributed by atoms with Crippen molar-refractivity contribution in [1.29, 1.82) is 0 Å². The van der Waals surface area contributed by atoms with Gasteiger partial charge in [-0.05, 0) is 30.2 Å². The zero-order chi connectivity index (χ0) is 19.2. The minimum Gasteiger partial charge on any atom is -0.508 e. The number of carbonyl (C=O) groups is 1. The van der Waals surface area contributed by atoms with Gasteiger partial charge in [-0.1, -0.05) is 60.7 Å². The summed E-state index contributed by atoms with van der Waals surface area (Å²) in [6.45, 7) is 1.67. The molecule has 0 atom stereocenters. The maximum atomic E-state index is 12.9. The van der Waals surface area contributed by atoms with Crippen molar-refractivity contribution in [3.05, 3.63) is 95.6 Å². The lowest BCUT2D eigenvalue weighted by molar-refractivity contribution is -0.121. The van der Waals surface area contributed by atoms with Crippen LogP contribution in [0.2, 0.25) is 0 Å². The molecule has 27 heavy (non-hydrogen) atoms. The summed E-state index contributed by atoms with van der Waals surface area (Å²) in [7, 11) is 0. The third-order valence-electron chi connectivity index (χ3n) is 4.23. The van der Waals surface area contributed by atoms with Gasteiger partial charge in [0.2, 0.25) is 0 Å². The van der Waals surface area contributed by atoms with Gasteiger partial charge < -0.3 is 10.2 Å². The second-order valence-corrected chi connectivity index (χ2v) is 6.13. The first-order valence-corrected chi connectivity index (χ1v) is 8.52. The number of carbonyl (C=O) groups excluding carboxylic acids is 1. The smallest absolute Gasteiger partial charge is 0.252 e. The van der Waals surface area contributed by atoms with Crippen molar-refractivity contribution in [2.45, 2.75) is 12.8 Å². The monoisotopic (exact) mass is 360 g/mol. The number of nitrogens with one attached hydrogen (secondary N) is 1. The van der Waals surface area contributed by atoms with E-state index >= 15 is 0 Å². The number of benzene rings is 3. The fourth-order valence-corrected chi connectivity index (χ4v) is 2.88. The number of hydrogen-bond acceptors (Lipinski definition) is 4. The van der Waals surface area contributed by atoms with Gasteiger partial charge in [0, 0.05) is 11.6 Å². The zero-order valence-electron chi connectivity index (χ0n) is 14.8. The van der Waals surface area contributed by atoms with Gasteiger partial charge in [0.05, 0.1) is 11.6 Å². The second kappa shape index (κ2) is 8.19. The van der Waals surface area contributed by atoms with Gasteiger partial charge in [0.15, 0.2) is 0 Å². The van der Waals surface area contributed by atoms with Gasteiger partial charge in [0.25, 0.3) is 5.91 Å². The minimum absolute atomic E-state index is 0.0405. The Labute approximate surface area is 157 Å². The van der Waals surface area contributed by atoms with Crippen LogP contribution in [0.1, 0.15) is 29.5 Å². The van der Waals surface area contributed by atoms with Gasteiger partial charge >= 0.3 is 0 Å². The van der Waals surface area contributed by atoms with E-state index in [1.54, 1.807) is 13.0 Å². The normalized spacial score (nSPS) is 11.4. The van der Waals surface area contributed by atoms with E-state index in [-0.39, 0.29) is 17.4 Å². The van der Waals surface area contributed by atoms with Gasteiger partial charge in [-0.15, -0.1) is 0 Å². The fraction of sp³-hybridized carbons (Fsp3) is 0.0909. The Morgan fingerprint density at radius 1 is 0.889 bits per heavy atom. The second-order valence-electron chi connectivity index (χ2n) is 6.13. The van der Waals surface area contributed by atoms with Gasteiger partial charge in [0.1, 0.15) is 11.5 Å². The molecule has 0 unspecified atom stereocenters. The van der Waals surface area contributed by atoms with Crippen molar-refractivity contribution < 1.29 is 15.0 Å². The Kier molecular flexibility index (Phi) is 5.52. The first-order valence-electron chi connectivity index (χ1n) is 8.52. The summed E-state index contributed by atoms with van der Waals surface area (Å²) in [5, 5.41) is 23.5. The van der Waals surface area contributed by atoms with Gasteiger partial charge in [-0.25, -0.2) is 5.43 Å². The maximum absolute atomic E-state index is 12.9. The molecule has 0 radical (unpaired) electrons. The molecule has 3 N–H and O–H groups in total. The van der Waals surface area contributed by atoms with Crippen LogP contribution < -0.4 is 5.43 Å². The highest BCUT2D eigenvalue weighted by Gasteiger charge is 2.22. The number of amides is 1. The molecule has 5 nitrogen and oxygen atoms in total. The Bertz CT molecular complexity index is 914. The van der Waals surface area contributed by atoms with Crippen molar-refractivity contribution in [2.24, 2.45) is 5.10 Å². The van der Waals surface area contributed by atoms with E-state index in [1.165, 1.54) is 12.1 Å². The summed E-state index contributed by atoms with van der Waals surface area (Å²) in [5.41, 5.74) is 5.19. The first kappa shape index (κ1) is 18.2. The molecular formula is C22H20N2O3. The summed E-state index contributed by atoms with van der Waals surface area (Å²) in [6.07, 6.45) is 0. The lowest BCUT2D eigenvalue weighted by atomic mass is 9.91. The molecule has 3 aromatic rings. The summed E-state index contributed by atoms with van der Waals surface area (Å²) >= 11 is 0. The average Bonchev–Trinajstić information content (AvgIpc) is 2.68. The maximum Gasteiger partial charge on any atom is 0.252 e. The Morgan fingerprint density at radius 3 is 1.96 bits per heavy atom. The molecule has 0 spiro atoms. The molecule has 0 fully saturated rings. The molecule has 0 aliphatic heterocycles. The van der Waals surface area contributed by atoms with Crippen LogP contribution >= 0.6 is 0 Å². The van der Waals surface area contributed by atoms with E-state index in [0.717, 1.165) is 11.1 Å². The molecule has 0 bridgehead atoms. The number of aromatic hydroxyl groups is 2. The third kappa shape index (κ3) is 4.33. The lowest BCUT2D eigenvalue weighted by Crippen LogP contribution is -2.27. The van der Waals surface area contributed by atoms with Crippen molar-refractivity contribution in [3.8, 4) is 11.5 Å². The molecule has 0 aliphatic carbocycles. The summed E-state index contributed by atoms with van der Waals surface area (Å²) in [6, 6.07) is 23.2. The molecule has 5 heteroatoms. The van der Waals surface area contributed by atoms with E-state index in [1.807, 2.05) is 60.7 Å². The van der Waals surface area contributed by atoms with Crippen LogP contribution in [0.5, 0.6) is 11.5 Å². The molecule has 0 aromatic heterocycles. The molecule has 3 aromatic carbocycles. The zero-order valence-corrected chi connectivity index (χ0v) is 14.8. The summed E-state index contributed by atoms with van der Waals surface area (Å²) in [5.74, 6) is -0.920. The number of phenolic OH excluding ortho intramolecular Hbond substituents is 2. The molecule has 0 aliphatic rings. The van der Waals surface area contributed by atoms with Crippen molar-refractivity contribution >= 4 is 11.6 Å². The quantitative estimate of drug-likeness (QED) is 0.478. The molecule has 3 rings (SSSR count). The minimum atomic E-state index is -0.502. The number of nitrogens with zero attached hydrogens (tertiary/aromatic N) is 1. The van der Waals surface area contributed by atoms with Crippen LogP contribution in [-0.4, -0.2) is 21.8 Å². The van der Waals surface area contributed by atoms with Crippen molar-refractivity contribution in [3.63, 3.8) is 0 Å². The van der Waals surface area contributed by atoms with Crippen LogP contribution in [0.4, 0.5) is 0 Å². The number of hydrogen-bond donors (Lipinski definition) is 3. The van der Waals surface area contributed by atoms with Crippen LogP contribution in [0.25, 0.3) is 0 Å². The van der Waals surface area contributed by atoms with Crippen LogP contribution in [0.3, 0.4) is 0 Å². The third-order valence-corrected chi connectivity index (χ3v) is 4.23. The van der Waals surface area contributed by atoms with Crippen molar-refractivity contribution in [1.82, 2.24) is 5.43 Å². The van der Waals surface area contributed by atoms with Crippen LogP contribution in [0.15, 0.2) is 84.0 Å². The van der Waals surface area contributed by atoms with E-state index < -0.39 is 5.92 Å². The molecule has 0 saturated heterocycles. The Morgan fingerprint density at radius 2 is 1.44 bits per heavy atom. The van der Waals surface area contributed by atoms with E-state index in [0.29, 0.717) is 11.3 Å². The molecule has 0 heterocycles. The highest BCUT2D eigenvalue weighted by molar-refractivity contribution is 6.02. The molecular weight excluding hydrogens is 340 g/mol. The summed E-state index contributed by atoms with van der Waals surface area (Å²) < 4.78 is 0. The topological polar surface area (TPSA) is 81.9 Å². The predicted molar refractivity (Wildman–Crippen MR) is 105 cm³/mol.